The van der Waals surface area contributed by atoms with E-state index in [1.807, 2.05) is 0 Å². The standard InChI is InChI=1S/C7H10F6/c1-2-5(9)3-6(10,11)7(12,13)4-8/h5H,2-4H2,1H3/t5-/m0/s1. The summed E-state index contributed by atoms with van der Waals surface area (Å²) in [4.78, 5) is 0. The second-order valence-electron chi connectivity index (χ2n) is 2.75. The van der Waals surface area contributed by atoms with Gasteiger partial charge in [0.15, 0.2) is 6.67 Å². The van der Waals surface area contributed by atoms with Crippen LogP contribution in [0.25, 0.3) is 0 Å². The second kappa shape index (κ2) is 4.19. The van der Waals surface area contributed by atoms with E-state index < -0.39 is 31.1 Å². The second-order valence-corrected chi connectivity index (χ2v) is 2.75. The number of hydrogen-bond donors (Lipinski definition) is 0. The van der Waals surface area contributed by atoms with Crippen LogP contribution in [0.15, 0.2) is 0 Å². The summed E-state index contributed by atoms with van der Waals surface area (Å²) in [6.45, 7) is -1.23. The summed E-state index contributed by atoms with van der Waals surface area (Å²) in [6, 6.07) is 0. The Morgan fingerprint density at radius 1 is 1.08 bits per heavy atom. The van der Waals surface area contributed by atoms with Gasteiger partial charge in [0.05, 0.1) is 0 Å². The Kier molecular flexibility index (Phi) is 4.06. The summed E-state index contributed by atoms with van der Waals surface area (Å²) in [5, 5.41) is 0. The minimum atomic E-state index is -4.77. The highest BCUT2D eigenvalue weighted by atomic mass is 19.3. The Labute approximate surface area is 71.9 Å². The Balaban J connectivity index is 4.38. The zero-order valence-corrected chi connectivity index (χ0v) is 6.97. The molecule has 0 spiro atoms. The largest absolute Gasteiger partial charge is 0.337 e. The summed E-state index contributed by atoms with van der Waals surface area (Å²) < 4.78 is 72.9. The average Bonchev–Trinajstić information content (AvgIpc) is 2.03. The fourth-order valence-corrected chi connectivity index (χ4v) is 0.670. The van der Waals surface area contributed by atoms with Crippen molar-refractivity contribution in [2.24, 2.45) is 0 Å². The van der Waals surface area contributed by atoms with Crippen LogP contribution in [0.4, 0.5) is 26.3 Å². The molecule has 0 saturated heterocycles. The molecule has 80 valence electrons. The molecule has 0 aromatic rings. The zero-order valence-electron chi connectivity index (χ0n) is 6.97. The van der Waals surface area contributed by atoms with Crippen molar-refractivity contribution in [1.29, 1.82) is 0 Å². The molecule has 0 aliphatic rings. The monoisotopic (exact) mass is 208 g/mol. The fourth-order valence-electron chi connectivity index (χ4n) is 0.670. The van der Waals surface area contributed by atoms with E-state index >= 15 is 0 Å². The number of rotatable bonds is 5. The van der Waals surface area contributed by atoms with E-state index in [0.717, 1.165) is 0 Å². The minimum absolute atomic E-state index is 0.294. The van der Waals surface area contributed by atoms with Gasteiger partial charge in [-0.3, -0.25) is 0 Å². The van der Waals surface area contributed by atoms with Crippen LogP contribution in [-0.4, -0.2) is 24.7 Å². The molecular weight excluding hydrogens is 198 g/mol. The van der Waals surface area contributed by atoms with E-state index in [2.05, 4.69) is 0 Å². The van der Waals surface area contributed by atoms with Crippen molar-refractivity contribution in [3.8, 4) is 0 Å². The van der Waals surface area contributed by atoms with E-state index in [1.165, 1.54) is 6.92 Å². The zero-order chi connectivity index (χ0) is 10.7. The lowest BCUT2D eigenvalue weighted by Gasteiger charge is -2.24. The molecule has 6 heteroatoms. The quantitative estimate of drug-likeness (QED) is 0.607. The van der Waals surface area contributed by atoms with Crippen LogP contribution in [0, 0.1) is 0 Å². The van der Waals surface area contributed by atoms with Gasteiger partial charge in [0, 0.05) is 6.42 Å². The maximum absolute atomic E-state index is 12.4. The number of halogens is 6. The molecule has 0 aromatic heterocycles. The van der Waals surface area contributed by atoms with Gasteiger partial charge in [0.1, 0.15) is 6.17 Å². The summed E-state index contributed by atoms with van der Waals surface area (Å²) in [6.07, 6.45) is -3.97. The van der Waals surface area contributed by atoms with Crippen molar-refractivity contribution in [2.75, 3.05) is 6.67 Å². The van der Waals surface area contributed by atoms with Crippen molar-refractivity contribution >= 4 is 0 Å². The molecule has 0 radical (unpaired) electrons. The highest BCUT2D eigenvalue weighted by Gasteiger charge is 2.56. The van der Waals surface area contributed by atoms with Crippen molar-refractivity contribution in [1.82, 2.24) is 0 Å². The van der Waals surface area contributed by atoms with Gasteiger partial charge in [-0.2, -0.15) is 17.6 Å². The Hall–Kier alpha value is -0.420. The van der Waals surface area contributed by atoms with E-state index in [4.69, 9.17) is 0 Å². The van der Waals surface area contributed by atoms with Gasteiger partial charge in [0.2, 0.25) is 0 Å². The molecule has 0 aliphatic heterocycles. The maximum atomic E-state index is 12.4. The normalized spacial score (nSPS) is 15.9. The summed E-state index contributed by atoms with van der Waals surface area (Å²) in [5.41, 5.74) is 0. The first kappa shape index (κ1) is 12.6. The molecule has 0 heterocycles. The molecule has 0 nitrogen and oxygen atoms in total. The van der Waals surface area contributed by atoms with Crippen LogP contribution < -0.4 is 0 Å². The first-order valence-corrected chi connectivity index (χ1v) is 3.72. The molecule has 0 aromatic carbocycles. The molecule has 0 rings (SSSR count). The van der Waals surface area contributed by atoms with Crippen LogP contribution in [0.3, 0.4) is 0 Å². The van der Waals surface area contributed by atoms with E-state index in [-0.39, 0.29) is 6.42 Å². The van der Waals surface area contributed by atoms with E-state index in [1.54, 1.807) is 0 Å². The van der Waals surface area contributed by atoms with Gasteiger partial charge in [-0.05, 0) is 6.42 Å². The molecule has 0 saturated carbocycles. The van der Waals surface area contributed by atoms with Crippen molar-refractivity contribution < 1.29 is 26.3 Å². The lowest BCUT2D eigenvalue weighted by atomic mass is 10.0. The summed E-state index contributed by atoms with van der Waals surface area (Å²) in [5.74, 6) is -9.39. The summed E-state index contributed by atoms with van der Waals surface area (Å²) >= 11 is 0. The van der Waals surface area contributed by atoms with Crippen molar-refractivity contribution in [3.63, 3.8) is 0 Å². The van der Waals surface area contributed by atoms with E-state index in [0.29, 0.717) is 0 Å². The lowest BCUT2D eigenvalue weighted by molar-refractivity contribution is -0.224. The minimum Gasteiger partial charge on any atom is -0.247 e. The molecule has 0 bridgehead atoms. The number of alkyl halides is 6. The van der Waals surface area contributed by atoms with E-state index in [9.17, 15) is 26.3 Å². The van der Waals surface area contributed by atoms with Crippen LogP contribution in [0.5, 0.6) is 0 Å². The first-order valence-electron chi connectivity index (χ1n) is 3.72. The Morgan fingerprint density at radius 3 is 1.85 bits per heavy atom. The third-order valence-corrected chi connectivity index (χ3v) is 1.62. The van der Waals surface area contributed by atoms with Crippen LogP contribution >= 0.6 is 0 Å². The third kappa shape index (κ3) is 3.08. The van der Waals surface area contributed by atoms with Gasteiger partial charge in [-0.15, -0.1) is 0 Å². The molecule has 13 heavy (non-hydrogen) atoms. The van der Waals surface area contributed by atoms with Crippen LogP contribution in [0.1, 0.15) is 19.8 Å². The molecule has 0 N–H and O–H groups in total. The smallest absolute Gasteiger partial charge is 0.247 e. The van der Waals surface area contributed by atoms with Gasteiger partial charge >= 0.3 is 11.8 Å². The van der Waals surface area contributed by atoms with Gasteiger partial charge < -0.3 is 0 Å². The Bertz CT molecular complexity index is 155. The lowest BCUT2D eigenvalue weighted by Crippen LogP contribution is -2.44. The third-order valence-electron chi connectivity index (χ3n) is 1.62. The van der Waals surface area contributed by atoms with Crippen LogP contribution in [0.2, 0.25) is 0 Å². The molecule has 0 amide bonds. The first-order chi connectivity index (χ1) is 5.77. The predicted molar refractivity (Wildman–Crippen MR) is 35.7 cm³/mol. The SMILES string of the molecule is CC[C@H](F)CC(F)(F)C(F)(F)CF. The fraction of sp³-hybridized carbons (Fsp3) is 1.00. The molecule has 0 fully saturated rings. The highest BCUT2D eigenvalue weighted by Crippen LogP contribution is 2.39. The van der Waals surface area contributed by atoms with Crippen LogP contribution in [-0.2, 0) is 0 Å². The maximum Gasteiger partial charge on any atom is 0.337 e. The Morgan fingerprint density at radius 2 is 1.54 bits per heavy atom. The van der Waals surface area contributed by atoms with Gasteiger partial charge in [-0.25, -0.2) is 8.78 Å². The molecule has 1 atom stereocenters. The average molecular weight is 208 g/mol. The molecule has 0 aliphatic carbocycles. The topological polar surface area (TPSA) is 0 Å². The predicted octanol–water partition coefficient (Wildman–Crippen LogP) is 3.36. The van der Waals surface area contributed by atoms with Gasteiger partial charge in [-0.1, -0.05) is 6.92 Å². The van der Waals surface area contributed by atoms with Crippen molar-refractivity contribution in [2.45, 2.75) is 37.8 Å². The number of hydrogen-bond acceptors (Lipinski definition) is 0. The molecular formula is C7H10F6. The molecule has 0 unspecified atom stereocenters. The summed E-state index contributed by atoms with van der Waals surface area (Å²) in [7, 11) is 0. The van der Waals surface area contributed by atoms with Crippen molar-refractivity contribution in [3.05, 3.63) is 0 Å². The van der Waals surface area contributed by atoms with Gasteiger partial charge in [0.25, 0.3) is 0 Å². The highest BCUT2D eigenvalue weighted by molar-refractivity contribution is 4.86.